The Bertz CT molecular complexity index is 290. The van der Waals surface area contributed by atoms with Crippen molar-refractivity contribution in [2.24, 2.45) is 17.8 Å². The summed E-state index contributed by atoms with van der Waals surface area (Å²) >= 11 is 0. The molecule has 0 saturated heterocycles. The molecule has 0 rings (SSSR count). The topological polar surface area (TPSA) is 17.1 Å². The van der Waals surface area contributed by atoms with Gasteiger partial charge in [0, 0.05) is 6.42 Å². The fourth-order valence-corrected chi connectivity index (χ4v) is 3.06. The molecule has 0 aromatic heterocycles. The van der Waals surface area contributed by atoms with Crippen LogP contribution in [0.1, 0.15) is 98.8 Å². The number of carbonyl (C=O) groups excluding carboxylic acids is 1. The largest absolute Gasteiger partial charge is 0.303 e. The summed E-state index contributed by atoms with van der Waals surface area (Å²) in [6.45, 7) is 11.6. The van der Waals surface area contributed by atoms with E-state index in [9.17, 15) is 4.79 Å². The maximum Gasteiger partial charge on any atom is 0.123 e. The van der Waals surface area contributed by atoms with Crippen LogP contribution in [-0.4, -0.2) is 6.29 Å². The molecule has 1 nitrogen and oxygen atoms in total. The molecule has 0 fully saturated rings. The minimum Gasteiger partial charge on any atom is -0.303 e. The third-order valence-corrected chi connectivity index (χ3v) is 4.70. The molecule has 0 saturated carbocycles. The van der Waals surface area contributed by atoms with Crippen LogP contribution in [-0.2, 0) is 4.79 Å². The molecule has 0 radical (unpaired) electrons. The van der Waals surface area contributed by atoms with Crippen LogP contribution in [0.15, 0.2) is 11.6 Å². The lowest BCUT2D eigenvalue weighted by Gasteiger charge is -2.15. The van der Waals surface area contributed by atoms with Gasteiger partial charge in [-0.15, -0.1) is 0 Å². The van der Waals surface area contributed by atoms with Gasteiger partial charge in [0.05, 0.1) is 0 Å². The molecule has 2 atom stereocenters. The quantitative estimate of drug-likeness (QED) is 0.250. The van der Waals surface area contributed by atoms with Crippen LogP contribution in [0, 0.1) is 17.8 Å². The lowest BCUT2D eigenvalue weighted by molar-refractivity contribution is -0.107. The lowest BCUT2D eigenvalue weighted by Crippen LogP contribution is -2.00. The molecule has 0 aliphatic rings. The zero-order valence-electron chi connectivity index (χ0n) is 15.9. The summed E-state index contributed by atoms with van der Waals surface area (Å²) in [5.41, 5.74) is 1.37. The number of hydrogen-bond acceptors (Lipinski definition) is 1. The molecule has 0 aliphatic carbocycles. The van der Waals surface area contributed by atoms with Crippen molar-refractivity contribution in [3.63, 3.8) is 0 Å². The summed E-state index contributed by atoms with van der Waals surface area (Å²) < 4.78 is 0. The van der Waals surface area contributed by atoms with Gasteiger partial charge in [0.25, 0.3) is 0 Å². The molecule has 0 aromatic rings. The molecule has 0 bridgehead atoms. The third kappa shape index (κ3) is 14.4. The first-order valence-corrected chi connectivity index (χ1v) is 9.55. The van der Waals surface area contributed by atoms with E-state index in [2.05, 4.69) is 40.7 Å². The maximum absolute atomic E-state index is 10.3. The normalized spacial score (nSPS) is 15.1. The van der Waals surface area contributed by atoms with E-state index in [4.69, 9.17) is 0 Å². The maximum atomic E-state index is 10.3. The van der Waals surface area contributed by atoms with Gasteiger partial charge in [0.1, 0.15) is 6.29 Å². The summed E-state index contributed by atoms with van der Waals surface area (Å²) in [7, 11) is 0. The molecule has 0 aliphatic heterocycles. The fraction of sp³-hybridized carbons (Fsp3) is 0.857. The van der Waals surface area contributed by atoms with Crippen molar-refractivity contribution in [1.29, 1.82) is 0 Å². The van der Waals surface area contributed by atoms with Gasteiger partial charge in [0.15, 0.2) is 0 Å². The third-order valence-electron chi connectivity index (χ3n) is 4.70. The number of hydrogen-bond donors (Lipinski definition) is 0. The van der Waals surface area contributed by atoms with Gasteiger partial charge in [-0.3, -0.25) is 0 Å². The first kappa shape index (κ1) is 21.4. The first-order valence-electron chi connectivity index (χ1n) is 9.55. The Morgan fingerprint density at radius 1 is 0.818 bits per heavy atom. The molecule has 22 heavy (non-hydrogen) atoms. The van der Waals surface area contributed by atoms with E-state index in [1.165, 1.54) is 56.9 Å². The summed E-state index contributed by atoms with van der Waals surface area (Å²) in [5.74, 6) is 2.61. The Balaban J connectivity index is 3.56. The highest BCUT2D eigenvalue weighted by Gasteiger charge is 2.06. The zero-order valence-corrected chi connectivity index (χ0v) is 15.9. The van der Waals surface area contributed by atoms with Crippen molar-refractivity contribution in [1.82, 2.24) is 0 Å². The van der Waals surface area contributed by atoms with Crippen molar-refractivity contribution in [3.05, 3.63) is 11.6 Å². The molecular weight excluding hydrogens is 268 g/mol. The Hall–Kier alpha value is -0.590. The number of carbonyl (C=O) groups is 1. The van der Waals surface area contributed by atoms with Crippen LogP contribution >= 0.6 is 0 Å². The van der Waals surface area contributed by atoms with Crippen LogP contribution in [0.4, 0.5) is 0 Å². The summed E-state index contributed by atoms with van der Waals surface area (Å²) in [4.78, 5) is 10.3. The predicted molar refractivity (Wildman–Crippen MR) is 99.2 cm³/mol. The first-order chi connectivity index (χ1) is 10.5. The van der Waals surface area contributed by atoms with Crippen molar-refractivity contribution < 1.29 is 4.79 Å². The van der Waals surface area contributed by atoms with Gasteiger partial charge >= 0.3 is 0 Å². The zero-order chi connectivity index (χ0) is 16.8. The molecule has 0 heterocycles. The van der Waals surface area contributed by atoms with E-state index < -0.39 is 0 Å². The van der Waals surface area contributed by atoms with Crippen LogP contribution in [0.25, 0.3) is 0 Å². The number of allylic oxidation sites excluding steroid dienone is 2. The molecule has 0 aromatic carbocycles. The molecule has 0 N–H and O–H groups in total. The average Bonchev–Trinajstić information content (AvgIpc) is 2.44. The van der Waals surface area contributed by atoms with E-state index in [1.54, 1.807) is 0 Å². The van der Waals surface area contributed by atoms with Gasteiger partial charge < -0.3 is 4.79 Å². The second kappa shape index (κ2) is 14.0. The Morgan fingerprint density at radius 2 is 1.32 bits per heavy atom. The second-order valence-electron chi connectivity index (χ2n) is 7.81. The summed E-state index contributed by atoms with van der Waals surface area (Å²) in [6, 6.07) is 0. The highest BCUT2D eigenvalue weighted by atomic mass is 16.1. The Labute approximate surface area is 140 Å². The van der Waals surface area contributed by atoms with Gasteiger partial charge in [-0.2, -0.15) is 0 Å². The highest BCUT2D eigenvalue weighted by Crippen LogP contribution is 2.22. The van der Waals surface area contributed by atoms with Crippen molar-refractivity contribution >= 4 is 6.29 Å². The monoisotopic (exact) mass is 308 g/mol. The summed E-state index contributed by atoms with van der Waals surface area (Å²) in [5, 5.41) is 0. The molecule has 0 amide bonds. The highest BCUT2D eigenvalue weighted by molar-refractivity contribution is 5.52. The second-order valence-corrected chi connectivity index (χ2v) is 7.81. The minimum absolute atomic E-state index is 0.579. The average molecular weight is 309 g/mol. The number of aldehydes is 1. The SMILES string of the molecule is CC(=CCC=O)CCCC(C)CCCC(C)CCCC(C)C. The van der Waals surface area contributed by atoms with Crippen LogP contribution < -0.4 is 0 Å². The van der Waals surface area contributed by atoms with E-state index in [1.807, 2.05) is 0 Å². The van der Waals surface area contributed by atoms with E-state index in [-0.39, 0.29) is 0 Å². The van der Waals surface area contributed by atoms with E-state index in [0.29, 0.717) is 6.42 Å². The van der Waals surface area contributed by atoms with Crippen molar-refractivity contribution in [2.45, 2.75) is 98.8 Å². The standard InChI is InChI=1S/C21H40O/c1-18(2)10-6-11-19(3)12-7-13-20(4)14-8-15-21(5)16-9-17-22/h16-20H,6-15H2,1-5H3. The Kier molecular flexibility index (Phi) is 13.7. The van der Waals surface area contributed by atoms with Crippen LogP contribution in [0.5, 0.6) is 0 Å². The van der Waals surface area contributed by atoms with Gasteiger partial charge in [-0.05, 0) is 37.5 Å². The lowest BCUT2D eigenvalue weighted by atomic mass is 9.91. The Morgan fingerprint density at radius 3 is 1.82 bits per heavy atom. The van der Waals surface area contributed by atoms with Crippen molar-refractivity contribution in [3.8, 4) is 0 Å². The van der Waals surface area contributed by atoms with Crippen LogP contribution in [0.2, 0.25) is 0 Å². The van der Waals surface area contributed by atoms with Crippen LogP contribution in [0.3, 0.4) is 0 Å². The molecule has 130 valence electrons. The van der Waals surface area contributed by atoms with Gasteiger partial charge in [-0.25, -0.2) is 0 Å². The smallest absolute Gasteiger partial charge is 0.123 e. The van der Waals surface area contributed by atoms with Gasteiger partial charge in [-0.1, -0.05) is 84.3 Å². The minimum atomic E-state index is 0.579. The molecule has 1 heteroatoms. The van der Waals surface area contributed by atoms with Gasteiger partial charge in [0.2, 0.25) is 0 Å². The molecular formula is C21H40O. The van der Waals surface area contributed by atoms with E-state index >= 15 is 0 Å². The summed E-state index contributed by atoms with van der Waals surface area (Å²) in [6.07, 6.45) is 15.8. The van der Waals surface area contributed by atoms with Crippen molar-refractivity contribution in [2.75, 3.05) is 0 Å². The predicted octanol–water partition coefficient (Wildman–Crippen LogP) is 6.96. The molecule has 0 spiro atoms. The number of rotatable bonds is 14. The van der Waals surface area contributed by atoms with E-state index in [0.717, 1.165) is 30.5 Å². The molecule has 2 unspecified atom stereocenters. The fourth-order valence-electron chi connectivity index (χ4n) is 3.06.